The van der Waals surface area contributed by atoms with Gasteiger partial charge in [-0.2, -0.15) is 0 Å². The molecule has 0 aliphatic carbocycles. The van der Waals surface area contributed by atoms with Crippen molar-refractivity contribution < 1.29 is 9.76 Å². The van der Waals surface area contributed by atoms with Crippen LogP contribution in [-0.4, -0.2) is 4.92 Å². The lowest BCUT2D eigenvalue weighted by Crippen LogP contribution is -2.07. The molecule has 0 fully saturated rings. The van der Waals surface area contributed by atoms with Gasteiger partial charge < -0.3 is 0 Å². The van der Waals surface area contributed by atoms with Crippen molar-refractivity contribution in [1.29, 1.82) is 0 Å². The zero-order valence-electron chi connectivity index (χ0n) is 7.44. The van der Waals surface area contributed by atoms with Gasteiger partial charge in [0, 0.05) is 11.1 Å². The molecular weight excluding hydrogens is 208 g/mol. The van der Waals surface area contributed by atoms with E-state index in [1.165, 1.54) is 18.2 Å². The summed E-state index contributed by atoms with van der Waals surface area (Å²) in [4.78, 5) is 14.6. The van der Waals surface area contributed by atoms with Crippen LogP contribution in [0.1, 0.15) is 18.6 Å². The van der Waals surface area contributed by atoms with Crippen LogP contribution in [0, 0.1) is 10.1 Å². The van der Waals surface area contributed by atoms with Crippen LogP contribution in [0.4, 0.5) is 5.69 Å². The van der Waals surface area contributed by atoms with Crippen molar-refractivity contribution in [1.82, 2.24) is 0 Å². The molecule has 1 rings (SSSR count). The number of nitrogens with two attached hydrogens (primary N) is 1. The van der Waals surface area contributed by atoms with Crippen LogP contribution in [0.25, 0.3) is 0 Å². The molecule has 0 heterocycles. The fourth-order valence-electron chi connectivity index (χ4n) is 1.09. The maximum atomic E-state index is 10.6. The molecule has 6 heteroatoms. The Balaban J connectivity index is 3.22. The number of nitro groups is 1. The van der Waals surface area contributed by atoms with Gasteiger partial charge in [0.2, 0.25) is 0 Å². The summed E-state index contributed by atoms with van der Waals surface area (Å²) in [7, 11) is 0. The Labute approximate surface area is 85.5 Å². The molecule has 0 bridgehead atoms. The molecule has 2 N–H and O–H groups in total. The van der Waals surface area contributed by atoms with Gasteiger partial charge in [-0.25, -0.2) is 5.90 Å². The molecule has 0 radical (unpaired) electrons. The van der Waals surface area contributed by atoms with E-state index >= 15 is 0 Å². The van der Waals surface area contributed by atoms with Gasteiger partial charge in [0.1, 0.15) is 6.10 Å². The second kappa shape index (κ2) is 4.36. The maximum Gasteiger partial charge on any atom is 0.275 e. The highest BCUT2D eigenvalue weighted by Crippen LogP contribution is 2.28. The molecule has 0 aliphatic rings. The minimum Gasteiger partial charge on any atom is -0.297 e. The predicted octanol–water partition coefficient (Wildman–Crippen LogP) is 2.20. The largest absolute Gasteiger partial charge is 0.297 e. The van der Waals surface area contributed by atoms with E-state index in [9.17, 15) is 10.1 Å². The van der Waals surface area contributed by atoms with Crippen molar-refractivity contribution in [3.8, 4) is 0 Å². The highest BCUT2D eigenvalue weighted by Gasteiger charge is 2.19. The van der Waals surface area contributed by atoms with Crippen molar-refractivity contribution in [3.63, 3.8) is 0 Å². The quantitative estimate of drug-likeness (QED) is 0.621. The van der Waals surface area contributed by atoms with Crippen molar-refractivity contribution >= 4 is 17.3 Å². The van der Waals surface area contributed by atoms with Crippen LogP contribution >= 0.6 is 11.6 Å². The molecular formula is C8H9ClN2O3. The first-order valence-electron chi connectivity index (χ1n) is 3.85. The normalized spacial score (nSPS) is 12.5. The van der Waals surface area contributed by atoms with Gasteiger partial charge in [-0.15, -0.1) is 0 Å². The summed E-state index contributed by atoms with van der Waals surface area (Å²) in [6.45, 7) is 1.61. The molecule has 0 amide bonds. The van der Waals surface area contributed by atoms with Crippen LogP contribution in [-0.2, 0) is 4.84 Å². The van der Waals surface area contributed by atoms with Gasteiger partial charge in [0.05, 0.1) is 10.5 Å². The number of hydrogen-bond acceptors (Lipinski definition) is 4. The van der Waals surface area contributed by atoms with E-state index in [1.54, 1.807) is 6.92 Å². The number of nitro benzene ring substituents is 1. The molecule has 1 atom stereocenters. The lowest BCUT2D eigenvalue weighted by Gasteiger charge is -2.09. The molecule has 1 aromatic carbocycles. The molecule has 1 unspecified atom stereocenters. The Morgan fingerprint density at radius 3 is 2.79 bits per heavy atom. The maximum absolute atomic E-state index is 10.6. The molecule has 14 heavy (non-hydrogen) atoms. The van der Waals surface area contributed by atoms with E-state index in [1.807, 2.05) is 0 Å². The molecule has 1 aromatic rings. The molecule has 5 nitrogen and oxygen atoms in total. The van der Waals surface area contributed by atoms with E-state index in [0.29, 0.717) is 10.6 Å². The first kappa shape index (κ1) is 10.9. The van der Waals surface area contributed by atoms with Gasteiger partial charge in [0.25, 0.3) is 5.69 Å². The van der Waals surface area contributed by atoms with Crippen molar-refractivity contribution in [2.24, 2.45) is 5.90 Å². The van der Waals surface area contributed by atoms with Crippen molar-refractivity contribution in [3.05, 3.63) is 38.9 Å². The standard InChI is InChI=1S/C8H9ClN2O3/c1-5(14-10)7-4-6(9)2-3-8(7)11(12)13/h2-5H,10H2,1H3. The van der Waals surface area contributed by atoms with Gasteiger partial charge in [0.15, 0.2) is 0 Å². The van der Waals surface area contributed by atoms with Gasteiger partial charge in [-0.05, 0) is 19.1 Å². The highest BCUT2D eigenvalue weighted by atomic mass is 35.5. The first-order chi connectivity index (χ1) is 6.56. The number of rotatable bonds is 3. The number of halogens is 1. The van der Waals surface area contributed by atoms with Crippen LogP contribution in [0.5, 0.6) is 0 Å². The number of hydrogen-bond donors (Lipinski definition) is 1. The lowest BCUT2D eigenvalue weighted by atomic mass is 10.1. The average Bonchev–Trinajstić information content (AvgIpc) is 2.16. The van der Waals surface area contributed by atoms with Crippen LogP contribution in [0.3, 0.4) is 0 Å². The van der Waals surface area contributed by atoms with Crippen molar-refractivity contribution in [2.45, 2.75) is 13.0 Å². The Morgan fingerprint density at radius 1 is 1.64 bits per heavy atom. The molecule has 0 saturated heterocycles. The molecule has 0 saturated carbocycles. The third kappa shape index (κ3) is 2.20. The number of nitrogens with zero attached hydrogens (tertiary/aromatic N) is 1. The Kier molecular flexibility index (Phi) is 3.40. The second-order valence-corrected chi connectivity index (χ2v) is 3.17. The van der Waals surface area contributed by atoms with E-state index in [4.69, 9.17) is 17.5 Å². The Bertz CT molecular complexity index is 356. The van der Waals surface area contributed by atoms with Crippen molar-refractivity contribution in [2.75, 3.05) is 0 Å². The SMILES string of the molecule is CC(ON)c1cc(Cl)ccc1[N+](=O)[O-]. The van der Waals surface area contributed by atoms with Crippen LogP contribution in [0.15, 0.2) is 18.2 Å². The third-order valence-corrected chi connectivity index (χ3v) is 2.06. The van der Waals surface area contributed by atoms with Crippen LogP contribution in [0.2, 0.25) is 5.02 Å². The summed E-state index contributed by atoms with van der Waals surface area (Å²) in [5, 5.41) is 11.0. The molecule has 76 valence electrons. The van der Waals surface area contributed by atoms with E-state index < -0.39 is 11.0 Å². The smallest absolute Gasteiger partial charge is 0.275 e. The van der Waals surface area contributed by atoms with Gasteiger partial charge in [-0.3, -0.25) is 15.0 Å². The predicted molar refractivity (Wildman–Crippen MR) is 51.8 cm³/mol. The van der Waals surface area contributed by atoms with E-state index in [-0.39, 0.29) is 5.69 Å². The lowest BCUT2D eigenvalue weighted by molar-refractivity contribution is -0.386. The fraction of sp³-hybridized carbons (Fsp3) is 0.250. The zero-order valence-corrected chi connectivity index (χ0v) is 8.19. The monoisotopic (exact) mass is 216 g/mol. The summed E-state index contributed by atoms with van der Waals surface area (Å²) >= 11 is 5.70. The van der Waals surface area contributed by atoms with Crippen LogP contribution < -0.4 is 5.90 Å². The Hall–Kier alpha value is -1.17. The Morgan fingerprint density at radius 2 is 2.29 bits per heavy atom. The second-order valence-electron chi connectivity index (χ2n) is 2.74. The zero-order chi connectivity index (χ0) is 10.7. The highest BCUT2D eigenvalue weighted by molar-refractivity contribution is 6.30. The summed E-state index contributed by atoms with van der Waals surface area (Å²) in [5.74, 6) is 4.96. The molecule has 0 aliphatic heterocycles. The third-order valence-electron chi connectivity index (χ3n) is 1.83. The van der Waals surface area contributed by atoms with Gasteiger partial charge >= 0.3 is 0 Å². The minimum absolute atomic E-state index is 0.0487. The van der Waals surface area contributed by atoms with E-state index in [0.717, 1.165) is 0 Å². The topological polar surface area (TPSA) is 78.4 Å². The minimum atomic E-state index is -0.561. The van der Waals surface area contributed by atoms with Gasteiger partial charge in [-0.1, -0.05) is 11.6 Å². The summed E-state index contributed by atoms with van der Waals surface area (Å²) < 4.78 is 0. The summed E-state index contributed by atoms with van der Waals surface area (Å²) in [6.07, 6.45) is -0.561. The first-order valence-corrected chi connectivity index (χ1v) is 4.23. The average molecular weight is 217 g/mol. The number of benzene rings is 1. The summed E-state index contributed by atoms with van der Waals surface area (Å²) in [5.41, 5.74) is 0.317. The summed E-state index contributed by atoms with van der Waals surface area (Å²) in [6, 6.07) is 4.25. The molecule has 0 spiro atoms. The molecule has 0 aromatic heterocycles. The van der Waals surface area contributed by atoms with E-state index in [2.05, 4.69) is 4.84 Å². The fourth-order valence-corrected chi connectivity index (χ4v) is 1.27.